The quantitative estimate of drug-likeness (QED) is 0.589. The number of carbonyl (C=O) groups is 1. The monoisotopic (exact) mass is 143 g/mol. The van der Waals surface area contributed by atoms with Crippen molar-refractivity contribution in [1.29, 1.82) is 0 Å². The highest BCUT2D eigenvalue weighted by Gasteiger charge is 1.76. The molecule has 0 unspecified atom stereocenters. The van der Waals surface area contributed by atoms with Crippen molar-refractivity contribution in [3.05, 3.63) is 24.7 Å². The van der Waals surface area contributed by atoms with Crippen molar-refractivity contribution in [2.75, 3.05) is 7.11 Å². The largest absolute Gasteiger partial charge is 0.473 e. The van der Waals surface area contributed by atoms with Gasteiger partial charge in [-0.05, 0) is 12.1 Å². The summed E-state index contributed by atoms with van der Waals surface area (Å²) in [5, 5.41) is 0. The summed E-state index contributed by atoms with van der Waals surface area (Å²) in [7, 11) is 1.22. The molecule has 0 saturated carbocycles. The van der Waals surface area contributed by atoms with Gasteiger partial charge in [0.25, 0.3) is 0 Å². The highest BCUT2D eigenvalue weighted by atomic mass is 16.5. The van der Waals surface area contributed by atoms with Gasteiger partial charge in [0.05, 0.1) is 19.6 Å². The van der Waals surface area contributed by atoms with Crippen LogP contribution >= 0.6 is 0 Å². The van der Waals surface area contributed by atoms with Crippen LogP contribution in [0.5, 0.6) is 0 Å². The number of hydrogen-bond acceptors (Lipinski definition) is 3. The first kappa shape index (κ1) is 8.55. The minimum atomic E-state index is -0.745. The van der Waals surface area contributed by atoms with Gasteiger partial charge in [0, 0.05) is 0 Å². The fraction of sp³-hybridized carbons (Fsp3) is 0.167. The Morgan fingerprint density at radius 2 is 1.90 bits per heavy atom. The molecule has 0 aliphatic heterocycles. The van der Waals surface area contributed by atoms with Gasteiger partial charge in [-0.3, -0.25) is 0 Å². The zero-order chi connectivity index (χ0) is 7.82. The summed E-state index contributed by atoms with van der Waals surface area (Å²) in [5.41, 5.74) is 4.43. The molecule has 0 atom stereocenters. The van der Waals surface area contributed by atoms with E-state index in [-0.39, 0.29) is 0 Å². The molecule has 2 N–H and O–H groups in total. The number of carbonyl (C=O) groups excluding carboxylic acids is 1. The predicted octanol–water partition coefficient (Wildman–Crippen LogP) is 0.991. The Morgan fingerprint density at radius 3 is 2.00 bits per heavy atom. The molecule has 0 radical (unpaired) electrons. The SMILES string of the molecule is COC(N)=O.c1ccoc1. The van der Waals surface area contributed by atoms with E-state index in [2.05, 4.69) is 14.9 Å². The first-order chi connectivity index (χ1) is 4.77. The average molecular weight is 143 g/mol. The van der Waals surface area contributed by atoms with E-state index in [1.807, 2.05) is 12.1 Å². The normalized spacial score (nSPS) is 7.30. The van der Waals surface area contributed by atoms with Crippen molar-refractivity contribution < 1.29 is 13.9 Å². The summed E-state index contributed by atoms with van der Waals surface area (Å²) >= 11 is 0. The molecule has 10 heavy (non-hydrogen) atoms. The maximum atomic E-state index is 9.37. The minimum absolute atomic E-state index is 0.745. The van der Waals surface area contributed by atoms with Gasteiger partial charge in [-0.25, -0.2) is 4.79 Å². The molecule has 1 amide bonds. The highest BCUT2D eigenvalue weighted by Crippen LogP contribution is 1.79. The number of rotatable bonds is 0. The standard InChI is InChI=1S/C4H4O.C2H5NO2/c1-2-4-5-3-1;1-5-2(3)4/h1-4H;1H3,(H2,3,4). The summed E-state index contributed by atoms with van der Waals surface area (Å²) in [5.74, 6) is 0. The van der Waals surface area contributed by atoms with E-state index in [1.165, 1.54) is 7.11 Å². The van der Waals surface area contributed by atoms with Crippen molar-refractivity contribution in [3.63, 3.8) is 0 Å². The van der Waals surface area contributed by atoms with Crippen LogP contribution in [-0.2, 0) is 4.74 Å². The number of ether oxygens (including phenoxy) is 1. The molecule has 4 heteroatoms. The molecule has 0 aliphatic rings. The third-order valence-corrected chi connectivity index (χ3v) is 0.627. The molecule has 56 valence electrons. The third-order valence-electron chi connectivity index (χ3n) is 0.627. The third kappa shape index (κ3) is 6.55. The Kier molecular flexibility index (Phi) is 4.86. The number of methoxy groups -OCH3 is 1. The number of furan rings is 1. The molecule has 0 saturated heterocycles. The van der Waals surface area contributed by atoms with Gasteiger partial charge in [0.2, 0.25) is 0 Å². The van der Waals surface area contributed by atoms with Gasteiger partial charge in [0.15, 0.2) is 0 Å². The topological polar surface area (TPSA) is 65.5 Å². The summed E-state index contributed by atoms with van der Waals surface area (Å²) in [6.45, 7) is 0. The Balaban J connectivity index is 0.000000162. The summed E-state index contributed by atoms with van der Waals surface area (Å²) in [6.07, 6.45) is 2.50. The lowest BCUT2D eigenvalue weighted by Crippen LogP contribution is -2.08. The summed E-state index contributed by atoms with van der Waals surface area (Å²) < 4.78 is 8.47. The second-order valence-electron chi connectivity index (χ2n) is 1.32. The van der Waals surface area contributed by atoms with Crippen molar-refractivity contribution >= 4 is 6.09 Å². The average Bonchev–Trinajstić information content (AvgIpc) is 2.43. The molecule has 1 aromatic rings. The lowest BCUT2D eigenvalue weighted by molar-refractivity contribution is 0.182. The first-order valence-corrected chi connectivity index (χ1v) is 2.58. The van der Waals surface area contributed by atoms with E-state index in [4.69, 9.17) is 0 Å². The maximum absolute atomic E-state index is 9.37. The maximum Gasteiger partial charge on any atom is 0.404 e. The van der Waals surface area contributed by atoms with Crippen LogP contribution in [-0.4, -0.2) is 13.2 Å². The van der Waals surface area contributed by atoms with E-state index < -0.39 is 6.09 Å². The molecule has 1 rings (SSSR count). The van der Waals surface area contributed by atoms with Gasteiger partial charge in [0.1, 0.15) is 0 Å². The van der Waals surface area contributed by atoms with E-state index in [1.54, 1.807) is 12.5 Å². The second-order valence-corrected chi connectivity index (χ2v) is 1.32. The van der Waals surface area contributed by atoms with Crippen LogP contribution < -0.4 is 5.73 Å². The van der Waals surface area contributed by atoms with Crippen LogP contribution in [0, 0.1) is 0 Å². The number of nitrogens with two attached hydrogens (primary N) is 1. The van der Waals surface area contributed by atoms with Gasteiger partial charge in [-0.1, -0.05) is 0 Å². The Labute approximate surface area is 58.6 Å². The molecule has 0 spiro atoms. The van der Waals surface area contributed by atoms with Crippen molar-refractivity contribution in [3.8, 4) is 0 Å². The van der Waals surface area contributed by atoms with E-state index >= 15 is 0 Å². The van der Waals surface area contributed by atoms with Gasteiger partial charge >= 0.3 is 6.09 Å². The lowest BCUT2D eigenvalue weighted by atomic mass is 10.7. The Bertz CT molecular complexity index is 142. The van der Waals surface area contributed by atoms with E-state index in [9.17, 15) is 4.79 Å². The van der Waals surface area contributed by atoms with E-state index in [0.29, 0.717) is 0 Å². The molecular weight excluding hydrogens is 134 g/mol. The van der Waals surface area contributed by atoms with Crippen molar-refractivity contribution in [1.82, 2.24) is 0 Å². The molecule has 1 aromatic heterocycles. The highest BCUT2D eigenvalue weighted by molar-refractivity contribution is 5.64. The molecule has 0 aromatic carbocycles. The van der Waals surface area contributed by atoms with E-state index in [0.717, 1.165) is 0 Å². The fourth-order valence-electron chi connectivity index (χ4n) is 0.227. The van der Waals surface area contributed by atoms with Crippen molar-refractivity contribution in [2.24, 2.45) is 5.73 Å². The minimum Gasteiger partial charge on any atom is -0.473 e. The second kappa shape index (κ2) is 5.68. The van der Waals surface area contributed by atoms with Crippen LogP contribution in [0.3, 0.4) is 0 Å². The molecule has 0 fully saturated rings. The molecule has 1 heterocycles. The molecular formula is C6H9NO3. The lowest BCUT2D eigenvalue weighted by Gasteiger charge is -1.81. The molecule has 4 nitrogen and oxygen atoms in total. The fourth-order valence-corrected chi connectivity index (χ4v) is 0.227. The summed E-state index contributed by atoms with van der Waals surface area (Å²) in [6, 6.07) is 3.67. The van der Waals surface area contributed by atoms with Crippen molar-refractivity contribution in [2.45, 2.75) is 0 Å². The Hall–Kier alpha value is -1.45. The first-order valence-electron chi connectivity index (χ1n) is 2.58. The zero-order valence-corrected chi connectivity index (χ0v) is 5.61. The van der Waals surface area contributed by atoms with Gasteiger partial charge in [-0.2, -0.15) is 0 Å². The smallest absolute Gasteiger partial charge is 0.404 e. The molecule has 0 bridgehead atoms. The van der Waals surface area contributed by atoms with Gasteiger partial charge < -0.3 is 14.9 Å². The van der Waals surface area contributed by atoms with Gasteiger partial charge in [-0.15, -0.1) is 0 Å². The number of primary amides is 1. The van der Waals surface area contributed by atoms with Crippen LogP contribution in [0.4, 0.5) is 4.79 Å². The van der Waals surface area contributed by atoms with Crippen LogP contribution in [0.1, 0.15) is 0 Å². The van der Waals surface area contributed by atoms with Crippen LogP contribution in [0.15, 0.2) is 29.1 Å². The Morgan fingerprint density at radius 1 is 1.50 bits per heavy atom. The predicted molar refractivity (Wildman–Crippen MR) is 35.3 cm³/mol. The molecule has 0 aliphatic carbocycles. The number of amides is 1. The van der Waals surface area contributed by atoms with Crippen LogP contribution in [0.25, 0.3) is 0 Å². The number of hydrogen-bond donors (Lipinski definition) is 1. The summed E-state index contributed by atoms with van der Waals surface area (Å²) in [4.78, 5) is 9.37. The van der Waals surface area contributed by atoms with Crippen LogP contribution in [0.2, 0.25) is 0 Å². The zero-order valence-electron chi connectivity index (χ0n) is 5.61.